The number of rotatable bonds is 20. The predicted molar refractivity (Wildman–Crippen MR) is 123 cm³/mol. The lowest BCUT2D eigenvalue weighted by atomic mass is 10.0. The molecule has 5 heteroatoms. The molecule has 4 nitrogen and oxygen atoms in total. The third-order valence-corrected chi connectivity index (χ3v) is 5.41. The van der Waals surface area contributed by atoms with Crippen molar-refractivity contribution in [3.05, 3.63) is 0 Å². The van der Waals surface area contributed by atoms with Crippen molar-refractivity contribution in [3.63, 3.8) is 0 Å². The Morgan fingerprint density at radius 1 is 0.750 bits per heavy atom. The van der Waals surface area contributed by atoms with Crippen LogP contribution in [0.4, 0.5) is 0 Å². The zero-order chi connectivity index (χ0) is 20.2. The highest BCUT2D eigenvalue weighted by molar-refractivity contribution is 5.85. The van der Waals surface area contributed by atoms with E-state index >= 15 is 0 Å². The van der Waals surface area contributed by atoms with Gasteiger partial charge >= 0.3 is 0 Å². The van der Waals surface area contributed by atoms with E-state index in [1.54, 1.807) is 0 Å². The summed E-state index contributed by atoms with van der Waals surface area (Å²) in [6, 6.07) is 0. The number of likely N-dealkylation sites (N-methyl/N-ethyl adjacent to an activating group) is 1. The highest BCUT2D eigenvalue weighted by atomic mass is 35.5. The maximum absolute atomic E-state index is 11.8. The highest BCUT2D eigenvalue weighted by Gasteiger charge is 2.12. The number of unbranched alkanes of at least 4 members (excludes halogenated alkanes) is 12. The smallest absolute Gasteiger partial charge is 0.102 e. The first-order valence-corrected chi connectivity index (χ1v) is 11.6. The standard InChI is InChI=1S/C23H48N2O2.ClH/c1-4-5-6-7-8-9-10-11-12-13-14-15-16-18-23(27)24-19-17-20-25(2,3)21-22-26;/h26H,4-22H2,1-3H3;1H. The molecule has 1 N–H and O–H groups in total. The molecule has 0 amide bonds. The molecule has 0 aliphatic carbocycles. The third-order valence-electron chi connectivity index (χ3n) is 5.41. The monoisotopic (exact) mass is 420 g/mol. The minimum Gasteiger partial charge on any atom is -0.862 e. The number of halogens is 1. The first-order valence-electron chi connectivity index (χ1n) is 11.6. The fraction of sp³-hybridized carbons (Fsp3) is 0.957. The Bertz CT molecular complexity index is 349. The van der Waals surface area contributed by atoms with E-state index in [2.05, 4.69) is 26.0 Å². The van der Waals surface area contributed by atoms with E-state index in [0.29, 0.717) is 13.0 Å². The first-order chi connectivity index (χ1) is 13.0. The summed E-state index contributed by atoms with van der Waals surface area (Å²) in [5, 5.41) is 20.8. The van der Waals surface area contributed by atoms with Crippen LogP contribution in [-0.2, 0) is 0 Å². The van der Waals surface area contributed by atoms with Gasteiger partial charge in [-0.25, -0.2) is 0 Å². The van der Waals surface area contributed by atoms with Crippen molar-refractivity contribution in [1.29, 1.82) is 0 Å². The lowest BCUT2D eigenvalue weighted by Gasteiger charge is -2.28. The van der Waals surface area contributed by atoms with E-state index in [9.17, 15) is 5.11 Å². The van der Waals surface area contributed by atoms with E-state index in [-0.39, 0.29) is 24.9 Å². The molecule has 0 fully saturated rings. The summed E-state index contributed by atoms with van der Waals surface area (Å²) in [7, 11) is 4.21. The van der Waals surface area contributed by atoms with E-state index in [4.69, 9.17) is 5.11 Å². The van der Waals surface area contributed by atoms with Gasteiger partial charge in [-0.15, -0.1) is 12.4 Å². The second kappa shape index (κ2) is 21.4. The van der Waals surface area contributed by atoms with Crippen molar-refractivity contribution in [3.8, 4) is 0 Å². The SMILES string of the molecule is CCCCCCCCCCCCCCCC([O-])=NCCC[N+](C)(C)CCO.Cl. The van der Waals surface area contributed by atoms with Crippen molar-refractivity contribution in [1.82, 2.24) is 0 Å². The number of aliphatic imine (C=N–C) groups is 1. The lowest BCUT2D eigenvalue weighted by Crippen LogP contribution is -2.42. The van der Waals surface area contributed by atoms with E-state index in [1.165, 1.54) is 77.0 Å². The van der Waals surface area contributed by atoms with Crippen molar-refractivity contribution in [2.24, 2.45) is 4.99 Å². The van der Waals surface area contributed by atoms with Crippen LogP contribution in [0.25, 0.3) is 0 Å². The molecule has 0 aromatic heterocycles. The summed E-state index contributed by atoms with van der Waals surface area (Å²) in [6.45, 7) is 4.82. The number of hydrogen-bond acceptors (Lipinski definition) is 3. The third kappa shape index (κ3) is 22.0. The number of aliphatic hydroxyl groups is 1. The van der Waals surface area contributed by atoms with Crippen LogP contribution in [0.3, 0.4) is 0 Å². The molecular formula is C23H49ClN2O2. The van der Waals surface area contributed by atoms with Crippen LogP contribution < -0.4 is 5.11 Å². The molecule has 0 saturated carbocycles. The minimum atomic E-state index is 0. The van der Waals surface area contributed by atoms with Crippen LogP contribution in [0.1, 0.15) is 103 Å². The van der Waals surface area contributed by atoms with Gasteiger partial charge in [0.2, 0.25) is 0 Å². The largest absolute Gasteiger partial charge is 0.862 e. The Balaban J connectivity index is 0. The van der Waals surface area contributed by atoms with Gasteiger partial charge < -0.3 is 19.7 Å². The molecule has 0 aliphatic rings. The van der Waals surface area contributed by atoms with E-state index in [1.807, 2.05) is 0 Å². The van der Waals surface area contributed by atoms with E-state index < -0.39 is 0 Å². The number of quaternary nitrogens is 1. The quantitative estimate of drug-likeness (QED) is 0.129. The number of nitrogens with zero attached hydrogens (tertiary/aromatic N) is 2. The molecule has 28 heavy (non-hydrogen) atoms. The maximum atomic E-state index is 11.8. The zero-order valence-electron chi connectivity index (χ0n) is 19.1. The topological polar surface area (TPSA) is 55.7 Å². The van der Waals surface area contributed by atoms with Crippen molar-refractivity contribution >= 4 is 18.3 Å². The molecule has 0 rings (SSSR count). The van der Waals surface area contributed by atoms with Gasteiger partial charge in [0, 0.05) is 13.0 Å². The Hall–Kier alpha value is -0.320. The minimum absolute atomic E-state index is 0. The van der Waals surface area contributed by atoms with E-state index in [0.717, 1.165) is 30.4 Å². The zero-order valence-corrected chi connectivity index (χ0v) is 19.9. The average Bonchev–Trinajstić information content (AvgIpc) is 2.62. The summed E-state index contributed by atoms with van der Waals surface area (Å²) in [5.41, 5.74) is 0. The Labute approximate surface area is 181 Å². The van der Waals surface area contributed by atoms with Gasteiger partial charge in [0.25, 0.3) is 0 Å². The van der Waals surface area contributed by atoms with Crippen LogP contribution in [0.15, 0.2) is 4.99 Å². The van der Waals surface area contributed by atoms with Gasteiger partial charge in [0.15, 0.2) is 0 Å². The summed E-state index contributed by atoms with van der Waals surface area (Å²) in [4.78, 5) is 4.17. The second-order valence-corrected chi connectivity index (χ2v) is 8.73. The summed E-state index contributed by atoms with van der Waals surface area (Å²) >= 11 is 0. The van der Waals surface area contributed by atoms with Gasteiger partial charge in [-0.2, -0.15) is 0 Å². The summed E-state index contributed by atoms with van der Waals surface area (Å²) in [6.07, 6.45) is 18.8. The molecule has 0 aromatic rings. The Kier molecular flexibility index (Phi) is 22.8. The van der Waals surface area contributed by atoms with Crippen LogP contribution in [0.5, 0.6) is 0 Å². The molecule has 0 spiro atoms. The van der Waals surface area contributed by atoms with Gasteiger partial charge in [0.1, 0.15) is 6.54 Å². The molecular weight excluding hydrogens is 372 g/mol. The molecule has 0 unspecified atom stereocenters. The molecule has 0 heterocycles. The Morgan fingerprint density at radius 3 is 1.68 bits per heavy atom. The maximum Gasteiger partial charge on any atom is 0.102 e. The highest BCUT2D eigenvalue weighted by Crippen LogP contribution is 2.12. The van der Waals surface area contributed by atoms with Gasteiger partial charge in [-0.1, -0.05) is 84.0 Å². The van der Waals surface area contributed by atoms with Crippen LogP contribution in [0, 0.1) is 0 Å². The summed E-state index contributed by atoms with van der Waals surface area (Å²) in [5.74, 6) is 0.0746. The molecule has 0 aliphatic heterocycles. The molecule has 0 saturated heterocycles. The van der Waals surface area contributed by atoms with Crippen molar-refractivity contribution < 1.29 is 14.7 Å². The molecule has 0 aromatic carbocycles. The van der Waals surface area contributed by atoms with Gasteiger partial charge in [-0.3, -0.25) is 0 Å². The first kappa shape index (κ1) is 29.9. The number of aliphatic hydroxyl groups excluding tert-OH is 1. The molecule has 0 radical (unpaired) electrons. The van der Waals surface area contributed by atoms with Gasteiger partial charge in [-0.05, 0) is 18.7 Å². The number of hydrogen-bond donors (Lipinski definition) is 1. The molecule has 170 valence electrons. The van der Waals surface area contributed by atoms with Gasteiger partial charge in [0.05, 0.1) is 27.2 Å². The second-order valence-electron chi connectivity index (χ2n) is 8.73. The van der Waals surface area contributed by atoms with Crippen molar-refractivity contribution in [2.75, 3.05) is 40.3 Å². The van der Waals surface area contributed by atoms with Crippen LogP contribution in [-0.4, -0.2) is 55.8 Å². The van der Waals surface area contributed by atoms with Crippen LogP contribution >= 0.6 is 12.4 Å². The normalized spacial score (nSPS) is 12.2. The fourth-order valence-corrected chi connectivity index (χ4v) is 3.46. The molecule has 0 bridgehead atoms. The fourth-order valence-electron chi connectivity index (χ4n) is 3.46. The lowest BCUT2D eigenvalue weighted by molar-refractivity contribution is -0.890. The molecule has 0 atom stereocenters. The average molecular weight is 421 g/mol. The van der Waals surface area contributed by atoms with Crippen molar-refractivity contribution in [2.45, 2.75) is 103 Å². The summed E-state index contributed by atoms with van der Waals surface area (Å²) < 4.78 is 0.791. The predicted octanol–water partition coefficient (Wildman–Crippen LogP) is 5.11. The Morgan fingerprint density at radius 2 is 1.21 bits per heavy atom. The van der Waals surface area contributed by atoms with Crippen LogP contribution in [0.2, 0.25) is 0 Å².